The molecule has 0 saturated carbocycles. The lowest BCUT2D eigenvalue weighted by atomic mass is 10.1. The van der Waals surface area contributed by atoms with E-state index in [1.54, 1.807) is 0 Å². The van der Waals surface area contributed by atoms with Crippen LogP contribution in [0.4, 0.5) is 6.01 Å². The summed E-state index contributed by atoms with van der Waals surface area (Å²) >= 11 is 0. The molecule has 1 aromatic heterocycles. The molecule has 5 heteroatoms. The number of oxazole rings is 1. The molecule has 0 aliphatic carbocycles. The molecule has 126 valence electrons. The molecule has 0 bridgehead atoms. The Kier molecular flexibility index (Phi) is 5.21. The predicted octanol–water partition coefficient (Wildman–Crippen LogP) is 4.28. The van der Waals surface area contributed by atoms with Gasteiger partial charge in [-0.15, -0.1) is 0 Å². The average molecular weight is 326 g/mol. The van der Waals surface area contributed by atoms with Crippen molar-refractivity contribution in [2.45, 2.75) is 20.3 Å². The summed E-state index contributed by atoms with van der Waals surface area (Å²) in [5, 5.41) is 3.22. The van der Waals surface area contributed by atoms with E-state index in [0.29, 0.717) is 19.2 Å². The summed E-state index contributed by atoms with van der Waals surface area (Å²) in [6.45, 7) is 5.90. The Labute approximate surface area is 141 Å². The van der Waals surface area contributed by atoms with Gasteiger partial charge in [0.15, 0.2) is 17.1 Å². The number of fused-ring (bicyclic) bond motifs is 1. The minimum absolute atomic E-state index is 0.548. The molecule has 0 unspecified atom stereocenters. The summed E-state index contributed by atoms with van der Waals surface area (Å²) in [4.78, 5) is 4.41. The number of nitrogens with zero attached hydrogens (tertiary/aromatic N) is 1. The molecule has 0 spiro atoms. The molecule has 0 saturated heterocycles. The number of hydrogen-bond acceptors (Lipinski definition) is 5. The van der Waals surface area contributed by atoms with E-state index in [0.717, 1.165) is 35.6 Å². The Bertz CT molecular complexity index is 765. The van der Waals surface area contributed by atoms with Crippen molar-refractivity contribution in [2.24, 2.45) is 0 Å². The molecule has 24 heavy (non-hydrogen) atoms. The Morgan fingerprint density at radius 1 is 1.00 bits per heavy atom. The monoisotopic (exact) mass is 326 g/mol. The maximum Gasteiger partial charge on any atom is 0.295 e. The van der Waals surface area contributed by atoms with Crippen LogP contribution >= 0.6 is 0 Å². The first-order chi connectivity index (χ1) is 11.8. The van der Waals surface area contributed by atoms with E-state index in [1.165, 1.54) is 5.56 Å². The predicted molar refractivity (Wildman–Crippen MR) is 95.0 cm³/mol. The molecule has 3 rings (SSSR count). The van der Waals surface area contributed by atoms with Crippen molar-refractivity contribution in [3.63, 3.8) is 0 Å². The summed E-state index contributed by atoms with van der Waals surface area (Å²) in [5.41, 5.74) is 2.82. The number of para-hydroxylation sites is 2. The first kappa shape index (κ1) is 16.2. The third-order valence-electron chi connectivity index (χ3n) is 3.59. The molecule has 0 aliphatic heterocycles. The van der Waals surface area contributed by atoms with Crippen LogP contribution in [-0.4, -0.2) is 24.7 Å². The van der Waals surface area contributed by atoms with E-state index < -0.39 is 0 Å². The molecule has 0 aliphatic rings. The number of nitrogens with one attached hydrogen (secondary N) is 1. The van der Waals surface area contributed by atoms with Crippen LogP contribution in [0, 0.1) is 0 Å². The SMILES string of the molecule is CCOc1ccc(CCNc2nc3ccccc3o2)cc1OCC. The van der Waals surface area contributed by atoms with Crippen molar-refractivity contribution in [1.82, 2.24) is 4.98 Å². The van der Waals surface area contributed by atoms with Gasteiger partial charge < -0.3 is 19.2 Å². The Morgan fingerprint density at radius 3 is 2.58 bits per heavy atom. The highest BCUT2D eigenvalue weighted by Gasteiger charge is 2.07. The number of benzene rings is 2. The molecule has 0 amide bonds. The van der Waals surface area contributed by atoms with Gasteiger partial charge >= 0.3 is 0 Å². The second-order valence-corrected chi connectivity index (χ2v) is 5.31. The minimum Gasteiger partial charge on any atom is -0.490 e. The van der Waals surface area contributed by atoms with E-state index in [1.807, 2.05) is 50.2 Å². The summed E-state index contributed by atoms with van der Waals surface area (Å²) in [6.07, 6.45) is 0.838. The summed E-state index contributed by atoms with van der Waals surface area (Å²) in [6, 6.07) is 14.3. The smallest absolute Gasteiger partial charge is 0.295 e. The fourth-order valence-electron chi connectivity index (χ4n) is 2.51. The van der Waals surface area contributed by atoms with Gasteiger partial charge in [0, 0.05) is 6.54 Å². The highest BCUT2D eigenvalue weighted by atomic mass is 16.5. The zero-order valence-corrected chi connectivity index (χ0v) is 14.0. The van der Waals surface area contributed by atoms with Crippen molar-refractivity contribution < 1.29 is 13.9 Å². The lowest BCUT2D eigenvalue weighted by Crippen LogP contribution is -2.06. The quantitative estimate of drug-likeness (QED) is 0.669. The number of rotatable bonds is 8. The Balaban J connectivity index is 1.62. The second-order valence-electron chi connectivity index (χ2n) is 5.31. The summed E-state index contributed by atoms with van der Waals surface area (Å²) < 4.78 is 16.9. The normalized spacial score (nSPS) is 10.8. The van der Waals surface area contributed by atoms with Crippen molar-refractivity contribution >= 4 is 17.1 Å². The molecular formula is C19H22N2O3. The maximum absolute atomic E-state index is 5.66. The summed E-state index contributed by atoms with van der Waals surface area (Å²) in [7, 11) is 0. The second kappa shape index (κ2) is 7.73. The lowest BCUT2D eigenvalue weighted by Gasteiger charge is -2.12. The van der Waals surface area contributed by atoms with Crippen molar-refractivity contribution in [1.29, 1.82) is 0 Å². The van der Waals surface area contributed by atoms with E-state index in [9.17, 15) is 0 Å². The number of hydrogen-bond donors (Lipinski definition) is 1. The van der Waals surface area contributed by atoms with E-state index in [2.05, 4.69) is 16.4 Å². The fraction of sp³-hybridized carbons (Fsp3) is 0.316. The van der Waals surface area contributed by atoms with E-state index in [-0.39, 0.29) is 0 Å². The van der Waals surface area contributed by atoms with Gasteiger partial charge in [0.1, 0.15) is 5.52 Å². The standard InChI is InChI=1S/C19H22N2O3/c1-3-22-17-10-9-14(13-18(17)23-4-2)11-12-20-19-21-15-7-5-6-8-16(15)24-19/h5-10,13H,3-4,11-12H2,1-2H3,(H,20,21). The molecule has 2 aromatic carbocycles. The van der Waals surface area contributed by atoms with Crippen LogP contribution in [0.5, 0.6) is 11.5 Å². The minimum atomic E-state index is 0.548. The van der Waals surface area contributed by atoms with Crippen molar-refractivity contribution in [3.05, 3.63) is 48.0 Å². The first-order valence-electron chi connectivity index (χ1n) is 8.28. The highest BCUT2D eigenvalue weighted by Crippen LogP contribution is 2.28. The largest absolute Gasteiger partial charge is 0.490 e. The van der Waals surface area contributed by atoms with Crippen LogP contribution in [0.15, 0.2) is 46.9 Å². The van der Waals surface area contributed by atoms with Crippen LogP contribution in [0.2, 0.25) is 0 Å². The van der Waals surface area contributed by atoms with Crippen LogP contribution in [0.3, 0.4) is 0 Å². The Hall–Kier alpha value is -2.69. The third-order valence-corrected chi connectivity index (χ3v) is 3.59. The molecule has 0 radical (unpaired) electrons. The van der Waals surface area contributed by atoms with Gasteiger partial charge in [-0.05, 0) is 50.1 Å². The molecule has 5 nitrogen and oxygen atoms in total. The van der Waals surface area contributed by atoms with Gasteiger partial charge in [-0.2, -0.15) is 4.98 Å². The molecule has 1 heterocycles. The molecule has 1 N–H and O–H groups in total. The Morgan fingerprint density at radius 2 is 1.79 bits per heavy atom. The van der Waals surface area contributed by atoms with Gasteiger partial charge in [0.2, 0.25) is 0 Å². The van der Waals surface area contributed by atoms with E-state index in [4.69, 9.17) is 13.9 Å². The van der Waals surface area contributed by atoms with Gasteiger partial charge in [0.25, 0.3) is 6.01 Å². The molecule has 3 aromatic rings. The molecule has 0 fully saturated rings. The number of anilines is 1. The van der Waals surface area contributed by atoms with Crippen LogP contribution in [0.1, 0.15) is 19.4 Å². The van der Waals surface area contributed by atoms with Crippen LogP contribution in [-0.2, 0) is 6.42 Å². The highest BCUT2D eigenvalue weighted by molar-refractivity contribution is 5.74. The lowest BCUT2D eigenvalue weighted by molar-refractivity contribution is 0.287. The van der Waals surface area contributed by atoms with Gasteiger partial charge in [-0.25, -0.2) is 0 Å². The number of ether oxygens (including phenoxy) is 2. The van der Waals surface area contributed by atoms with Crippen LogP contribution in [0.25, 0.3) is 11.1 Å². The zero-order chi connectivity index (χ0) is 16.8. The van der Waals surface area contributed by atoms with Gasteiger partial charge in [-0.1, -0.05) is 18.2 Å². The topological polar surface area (TPSA) is 56.5 Å². The molecular weight excluding hydrogens is 304 g/mol. The van der Waals surface area contributed by atoms with Crippen molar-refractivity contribution in [3.8, 4) is 11.5 Å². The fourth-order valence-corrected chi connectivity index (χ4v) is 2.51. The first-order valence-corrected chi connectivity index (χ1v) is 8.28. The average Bonchev–Trinajstić information content (AvgIpc) is 3.00. The zero-order valence-electron chi connectivity index (χ0n) is 14.0. The molecule has 0 atom stereocenters. The number of aromatic nitrogens is 1. The van der Waals surface area contributed by atoms with E-state index >= 15 is 0 Å². The summed E-state index contributed by atoms with van der Waals surface area (Å²) in [5.74, 6) is 1.58. The van der Waals surface area contributed by atoms with Gasteiger partial charge in [0.05, 0.1) is 13.2 Å². The van der Waals surface area contributed by atoms with Crippen molar-refractivity contribution in [2.75, 3.05) is 25.1 Å². The van der Waals surface area contributed by atoms with Gasteiger partial charge in [-0.3, -0.25) is 0 Å². The van der Waals surface area contributed by atoms with Crippen LogP contribution < -0.4 is 14.8 Å². The maximum atomic E-state index is 5.66. The third kappa shape index (κ3) is 3.79.